The molecule has 0 unspecified atom stereocenters. The molecule has 0 saturated carbocycles. The van der Waals surface area contributed by atoms with Gasteiger partial charge in [-0.2, -0.15) is 11.3 Å². The van der Waals surface area contributed by atoms with E-state index in [-0.39, 0.29) is 0 Å². The van der Waals surface area contributed by atoms with Gasteiger partial charge in [0.25, 0.3) is 5.91 Å². The Morgan fingerprint density at radius 1 is 1.35 bits per heavy atom. The number of hydrogen-bond donors (Lipinski definition) is 1. The highest BCUT2D eigenvalue weighted by molar-refractivity contribution is 7.08. The molecule has 1 heterocycles. The van der Waals surface area contributed by atoms with Gasteiger partial charge in [0.1, 0.15) is 0 Å². The van der Waals surface area contributed by atoms with E-state index in [9.17, 15) is 9.59 Å². The lowest BCUT2D eigenvalue weighted by Crippen LogP contribution is -2.29. The zero-order valence-electron chi connectivity index (χ0n) is 12.7. The lowest BCUT2D eigenvalue weighted by atomic mass is 10.2. The summed E-state index contributed by atoms with van der Waals surface area (Å²) in [5, 5.41) is 7.08. The molecule has 0 radical (unpaired) electrons. The number of benzene rings is 1. The summed E-state index contributed by atoms with van der Waals surface area (Å²) in [5.74, 6) is -0.977. The van der Waals surface area contributed by atoms with Crippen LogP contribution in [0, 0.1) is 6.92 Å². The van der Waals surface area contributed by atoms with Crippen molar-refractivity contribution >= 4 is 46.6 Å². The first-order valence-electron chi connectivity index (χ1n) is 6.94. The second-order valence-corrected chi connectivity index (χ2v) is 6.06. The van der Waals surface area contributed by atoms with Crippen LogP contribution < -0.4 is 5.32 Å². The molecule has 0 spiro atoms. The molecular formula is C17H16ClNO3S. The fourth-order valence-electron chi connectivity index (χ4n) is 1.78. The molecule has 0 saturated heterocycles. The van der Waals surface area contributed by atoms with Gasteiger partial charge in [0.2, 0.25) is 0 Å². The maximum Gasteiger partial charge on any atom is 0.331 e. The maximum absolute atomic E-state index is 12.1. The fourth-order valence-corrected chi connectivity index (χ4v) is 2.58. The minimum absolute atomic E-state index is 0.410. The average molecular weight is 350 g/mol. The molecule has 23 heavy (non-hydrogen) atoms. The Labute approximate surface area is 143 Å². The third-order valence-electron chi connectivity index (χ3n) is 3.14. The number of halogens is 1. The molecular weight excluding hydrogens is 334 g/mol. The topological polar surface area (TPSA) is 55.4 Å². The quantitative estimate of drug-likeness (QED) is 0.647. The van der Waals surface area contributed by atoms with E-state index in [0.717, 1.165) is 11.1 Å². The highest BCUT2D eigenvalue weighted by Crippen LogP contribution is 2.23. The van der Waals surface area contributed by atoms with Gasteiger partial charge in [-0.1, -0.05) is 17.7 Å². The molecule has 0 aliphatic rings. The molecule has 0 fully saturated rings. The number of ether oxygens (including phenoxy) is 1. The van der Waals surface area contributed by atoms with Crippen molar-refractivity contribution in [3.05, 3.63) is 57.3 Å². The minimum atomic E-state index is -0.909. The van der Waals surface area contributed by atoms with E-state index < -0.39 is 18.0 Å². The lowest BCUT2D eigenvalue weighted by Gasteiger charge is -2.14. The molecule has 120 valence electrons. The van der Waals surface area contributed by atoms with E-state index in [2.05, 4.69) is 5.32 Å². The van der Waals surface area contributed by atoms with Crippen LogP contribution in [0.15, 0.2) is 41.1 Å². The number of amides is 1. The van der Waals surface area contributed by atoms with Crippen LogP contribution in [0.2, 0.25) is 5.02 Å². The van der Waals surface area contributed by atoms with Gasteiger partial charge in [-0.25, -0.2) is 4.79 Å². The van der Waals surface area contributed by atoms with Crippen LogP contribution in [0.25, 0.3) is 6.08 Å². The summed E-state index contributed by atoms with van der Waals surface area (Å²) in [7, 11) is 0. The molecule has 1 N–H and O–H groups in total. The van der Waals surface area contributed by atoms with E-state index in [1.807, 2.05) is 16.8 Å². The largest absolute Gasteiger partial charge is 0.449 e. The monoisotopic (exact) mass is 349 g/mol. The second kappa shape index (κ2) is 7.94. The number of esters is 1. The van der Waals surface area contributed by atoms with E-state index in [1.165, 1.54) is 24.3 Å². The van der Waals surface area contributed by atoms with E-state index in [0.29, 0.717) is 10.7 Å². The van der Waals surface area contributed by atoms with Crippen molar-refractivity contribution in [3.63, 3.8) is 0 Å². The third-order valence-corrected chi connectivity index (χ3v) is 4.25. The van der Waals surface area contributed by atoms with Gasteiger partial charge in [-0.15, -0.1) is 0 Å². The predicted molar refractivity (Wildman–Crippen MR) is 93.7 cm³/mol. The minimum Gasteiger partial charge on any atom is -0.449 e. The van der Waals surface area contributed by atoms with E-state index in [4.69, 9.17) is 16.3 Å². The van der Waals surface area contributed by atoms with Gasteiger partial charge in [0, 0.05) is 16.8 Å². The van der Waals surface area contributed by atoms with Gasteiger partial charge in [0.05, 0.1) is 0 Å². The van der Waals surface area contributed by atoms with Crippen molar-refractivity contribution in [3.8, 4) is 0 Å². The molecule has 1 aromatic carbocycles. The smallest absolute Gasteiger partial charge is 0.331 e. The Balaban J connectivity index is 1.92. The van der Waals surface area contributed by atoms with E-state index in [1.54, 1.807) is 31.2 Å². The summed E-state index contributed by atoms with van der Waals surface area (Å²) in [5.41, 5.74) is 2.27. The van der Waals surface area contributed by atoms with Crippen LogP contribution in [-0.2, 0) is 14.3 Å². The summed E-state index contributed by atoms with van der Waals surface area (Å²) in [4.78, 5) is 23.8. The molecule has 2 aromatic rings. The normalized spacial score (nSPS) is 12.1. The third kappa shape index (κ3) is 4.94. The molecule has 6 heteroatoms. The van der Waals surface area contributed by atoms with Crippen LogP contribution in [0.3, 0.4) is 0 Å². The number of nitrogens with one attached hydrogen (secondary N) is 1. The van der Waals surface area contributed by atoms with Crippen molar-refractivity contribution in [2.75, 3.05) is 5.32 Å². The van der Waals surface area contributed by atoms with Crippen LogP contribution >= 0.6 is 22.9 Å². The molecule has 1 aromatic heterocycles. The molecule has 1 atom stereocenters. The van der Waals surface area contributed by atoms with Gasteiger partial charge in [0.15, 0.2) is 6.10 Å². The molecule has 0 aliphatic heterocycles. The Morgan fingerprint density at radius 3 is 2.83 bits per heavy atom. The van der Waals surface area contributed by atoms with Crippen molar-refractivity contribution in [2.45, 2.75) is 20.0 Å². The lowest BCUT2D eigenvalue weighted by molar-refractivity contribution is -0.148. The van der Waals surface area contributed by atoms with Gasteiger partial charge in [-0.3, -0.25) is 4.79 Å². The number of carbonyl (C=O) groups excluding carboxylic acids is 2. The fraction of sp³-hybridized carbons (Fsp3) is 0.176. The van der Waals surface area contributed by atoms with Crippen LogP contribution in [0.5, 0.6) is 0 Å². The highest BCUT2D eigenvalue weighted by atomic mass is 35.5. The number of hydrogen-bond acceptors (Lipinski definition) is 4. The Kier molecular flexibility index (Phi) is 5.96. The van der Waals surface area contributed by atoms with Gasteiger partial charge >= 0.3 is 5.97 Å². The van der Waals surface area contributed by atoms with E-state index >= 15 is 0 Å². The first-order valence-corrected chi connectivity index (χ1v) is 8.26. The standard InChI is InChI=1S/C17H16ClNO3S/c1-11-14(18)4-3-5-15(11)19-17(21)12(2)22-16(20)7-6-13-8-9-23-10-13/h3-10,12H,1-2H3,(H,19,21)/b7-6+/t12-/m1/s1. The molecule has 4 nitrogen and oxygen atoms in total. The number of thiophene rings is 1. The maximum atomic E-state index is 12.1. The molecule has 0 aliphatic carbocycles. The first kappa shape index (κ1) is 17.2. The number of rotatable bonds is 5. The van der Waals surface area contributed by atoms with Gasteiger partial charge in [-0.05, 0) is 60.0 Å². The Hall–Kier alpha value is -2.11. The SMILES string of the molecule is Cc1c(Cl)cccc1NC(=O)[C@@H](C)OC(=O)/C=C/c1ccsc1. The molecule has 1 amide bonds. The van der Waals surface area contributed by atoms with Crippen LogP contribution in [0.1, 0.15) is 18.1 Å². The highest BCUT2D eigenvalue weighted by Gasteiger charge is 2.17. The van der Waals surface area contributed by atoms with Gasteiger partial charge < -0.3 is 10.1 Å². The number of anilines is 1. The van der Waals surface area contributed by atoms with Crippen LogP contribution in [0.4, 0.5) is 5.69 Å². The van der Waals surface area contributed by atoms with Crippen molar-refractivity contribution in [1.82, 2.24) is 0 Å². The molecule has 2 rings (SSSR count). The summed E-state index contributed by atoms with van der Waals surface area (Å²) in [6.45, 7) is 3.32. The summed E-state index contributed by atoms with van der Waals surface area (Å²) in [6, 6.07) is 7.10. The van der Waals surface area contributed by atoms with Crippen molar-refractivity contribution in [1.29, 1.82) is 0 Å². The Morgan fingerprint density at radius 2 is 2.13 bits per heavy atom. The van der Waals surface area contributed by atoms with Crippen molar-refractivity contribution in [2.24, 2.45) is 0 Å². The number of carbonyl (C=O) groups is 2. The Bertz CT molecular complexity index is 725. The average Bonchev–Trinajstić information content (AvgIpc) is 3.03. The second-order valence-electron chi connectivity index (χ2n) is 4.87. The zero-order valence-corrected chi connectivity index (χ0v) is 14.3. The van der Waals surface area contributed by atoms with Crippen molar-refractivity contribution < 1.29 is 14.3 Å². The summed E-state index contributed by atoms with van der Waals surface area (Å²) >= 11 is 7.54. The van der Waals surface area contributed by atoms with Crippen LogP contribution in [-0.4, -0.2) is 18.0 Å². The predicted octanol–water partition coefficient (Wildman–Crippen LogP) is 4.29. The summed E-state index contributed by atoms with van der Waals surface area (Å²) in [6.07, 6.45) is 2.04. The molecule has 0 bridgehead atoms. The zero-order chi connectivity index (χ0) is 16.8. The summed E-state index contributed by atoms with van der Waals surface area (Å²) < 4.78 is 5.09. The first-order chi connectivity index (χ1) is 11.0.